The van der Waals surface area contributed by atoms with Crippen LogP contribution in [0, 0.1) is 6.92 Å². The minimum Gasteiger partial charge on any atom is -0.399 e. The van der Waals surface area contributed by atoms with Gasteiger partial charge in [-0.2, -0.15) is 0 Å². The molecule has 0 aliphatic rings. The van der Waals surface area contributed by atoms with Gasteiger partial charge in [0.15, 0.2) is 0 Å². The zero-order valence-corrected chi connectivity index (χ0v) is 14.1. The van der Waals surface area contributed by atoms with E-state index < -0.39 is 10.0 Å². The lowest BCUT2D eigenvalue weighted by atomic mass is 10.2. The van der Waals surface area contributed by atoms with E-state index in [1.807, 2.05) is 36.4 Å². The van der Waals surface area contributed by atoms with E-state index in [0.29, 0.717) is 21.8 Å². The summed E-state index contributed by atoms with van der Waals surface area (Å²) in [6.45, 7) is 1.78. The number of benzene rings is 2. The Morgan fingerprint density at radius 2 is 1.74 bits per heavy atom. The molecule has 0 saturated carbocycles. The van der Waals surface area contributed by atoms with Crippen LogP contribution >= 0.6 is 11.3 Å². The second kappa shape index (κ2) is 6.06. The van der Waals surface area contributed by atoms with Crippen LogP contribution in [0.25, 0.3) is 10.4 Å². The fourth-order valence-electron chi connectivity index (χ4n) is 2.26. The molecule has 1 heterocycles. The molecule has 1 aromatic heterocycles. The molecule has 3 aromatic rings. The molecule has 23 heavy (non-hydrogen) atoms. The van der Waals surface area contributed by atoms with Gasteiger partial charge in [0.25, 0.3) is 10.0 Å². The van der Waals surface area contributed by atoms with Gasteiger partial charge in [0.05, 0.1) is 10.6 Å². The molecular formula is C17H16N2O2S2. The number of hydrogen-bond donors (Lipinski definition) is 2. The lowest BCUT2D eigenvalue weighted by Gasteiger charge is -2.08. The summed E-state index contributed by atoms with van der Waals surface area (Å²) in [7, 11) is -3.58. The van der Waals surface area contributed by atoms with E-state index in [0.717, 1.165) is 10.4 Å². The summed E-state index contributed by atoms with van der Waals surface area (Å²) in [5.41, 5.74) is 8.67. The Hall–Kier alpha value is -2.31. The minimum absolute atomic E-state index is 0.292. The Bertz CT molecular complexity index is 929. The zero-order chi connectivity index (χ0) is 16.4. The number of anilines is 2. The van der Waals surface area contributed by atoms with E-state index in [1.165, 1.54) is 11.3 Å². The predicted octanol–water partition coefficient (Wildman–Crippen LogP) is 4.11. The van der Waals surface area contributed by atoms with Crippen molar-refractivity contribution in [2.75, 3.05) is 10.5 Å². The Labute approximate surface area is 139 Å². The molecule has 4 nitrogen and oxygen atoms in total. The summed E-state index contributed by atoms with van der Waals surface area (Å²) in [6.07, 6.45) is 0. The van der Waals surface area contributed by atoms with Gasteiger partial charge in [0.2, 0.25) is 0 Å². The van der Waals surface area contributed by atoms with Crippen LogP contribution in [0.3, 0.4) is 0 Å². The van der Waals surface area contributed by atoms with E-state index in [4.69, 9.17) is 5.73 Å². The Morgan fingerprint density at radius 1 is 1.04 bits per heavy atom. The van der Waals surface area contributed by atoms with Crippen molar-refractivity contribution in [2.45, 2.75) is 11.8 Å². The molecule has 0 aliphatic heterocycles. The van der Waals surface area contributed by atoms with Crippen molar-refractivity contribution in [1.29, 1.82) is 0 Å². The summed E-state index contributed by atoms with van der Waals surface area (Å²) in [6, 6.07) is 16.2. The van der Waals surface area contributed by atoms with Gasteiger partial charge in [0.1, 0.15) is 0 Å². The molecular weight excluding hydrogens is 328 g/mol. The van der Waals surface area contributed by atoms with Crippen LogP contribution in [0.5, 0.6) is 0 Å². The van der Waals surface area contributed by atoms with Crippen molar-refractivity contribution in [2.24, 2.45) is 0 Å². The van der Waals surface area contributed by atoms with E-state index in [1.54, 1.807) is 30.5 Å². The van der Waals surface area contributed by atoms with Gasteiger partial charge in [-0.1, -0.05) is 30.3 Å². The first-order valence-electron chi connectivity index (χ1n) is 6.98. The van der Waals surface area contributed by atoms with Crippen molar-refractivity contribution in [3.63, 3.8) is 0 Å². The molecule has 0 bridgehead atoms. The van der Waals surface area contributed by atoms with E-state index >= 15 is 0 Å². The molecule has 2 aromatic carbocycles. The van der Waals surface area contributed by atoms with Gasteiger partial charge in [-0.25, -0.2) is 8.42 Å². The smallest absolute Gasteiger partial charge is 0.262 e. The second-order valence-corrected chi connectivity index (χ2v) is 7.75. The van der Waals surface area contributed by atoms with E-state index in [-0.39, 0.29) is 0 Å². The average Bonchev–Trinajstić information content (AvgIpc) is 2.96. The zero-order valence-electron chi connectivity index (χ0n) is 12.5. The fourth-order valence-corrected chi connectivity index (χ4v) is 4.47. The lowest BCUT2D eigenvalue weighted by Crippen LogP contribution is -2.13. The third-order valence-corrected chi connectivity index (χ3v) is 5.95. The van der Waals surface area contributed by atoms with Crippen molar-refractivity contribution in [3.05, 3.63) is 65.5 Å². The maximum atomic E-state index is 12.5. The normalized spacial score (nSPS) is 11.3. The third-order valence-electron chi connectivity index (χ3n) is 3.43. The Morgan fingerprint density at radius 3 is 2.43 bits per heavy atom. The van der Waals surface area contributed by atoms with Crippen LogP contribution in [-0.4, -0.2) is 8.42 Å². The number of aryl methyl sites for hydroxylation is 1. The van der Waals surface area contributed by atoms with Crippen molar-refractivity contribution >= 4 is 32.7 Å². The van der Waals surface area contributed by atoms with Gasteiger partial charge >= 0.3 is 0 Å². The first-order chi connectivity index (χ1) is 11.0. The van der Waals surface area contributed by atoms with Crippen LogP contribution in [0.15, 0.2) is 64.9 Å². The van der Waals surface area contributed by atoms with E-state index in [2.05, 4.69) is 4.72 Å². The van der Waals surface area contributed by atoms with Crippen molar-refractivity contribution < 1.29 is 8.42 Å². The SMILES string of the molecule is Cc1ccccc1S(=O)(=O)Nc1csc(-c2ccc(N)cc2)c1. The number of rotatable bonds is 4. The molecule has 6 heteroatoms. The highest BCUT2D eigenvalue weighted by molar-refractivity contribution is 7.92. The van der Waals surface area contributed by atoms with Crippen LogP contribution in [0.2, 0.25) is 0 Å². The molecule has 0 unspecified atom stereocenters. The number of nitrogen functional groups attached to an aromatic ring is 1. The molecule has 3 N–H and O–H groups in total. The molecule has 0 radical (unpaired) electrons. The summed E-state index contributed by atoms with van der Waals surface area (Å²) in [5.74, 6) is 0. The summed E-state index contributed by atoms with van der Waals surface area (Å²) < 4.78 is 27.6. The first kappa shape index (κ1) is 15.6. The third kappa shape index (κ3) is 3.38. The highest BCUT2D eigenvalue weighted by Gasteiger charge is 2.17. The quantitative estimate of drug-likeness (QED) is 0.700. The first-order valence-corrected chi connectivity index (χ1v) is 9.35. The topological polar surface area (TPSA) is 72.2 Å². The minimum atomic E-state index is -3.58. The maximum absolute atomic E-state index is 12.5. The van der Waals surface area contributed by atoms with E-state index in [9.17, 15) is 8.42 Å². The highest BCUT2D eigenvalue weighted by atomic mass is 32.2. The molecule has 0 fully saturated rings. The van der Waals surface area contributed by atoms with Gasteiger partial charge in [0, 0.05) is 15.9 Å². The fraction of sp³-hybridized carbons (Fsp3) is 0.0588. The van der Waals surface area contributed by atoms with Crippen LogP contribution < -0.4 is 10.5 Å². The molecule has 0 atom stereocenters. The van der Waals surface area contributed by atoms with Gasteiger partial charge in [-0.15, -0.1) is 11.3 Å². The summed E-state index contributed by atoms with van der Waals surface area (Å²) in [4.78, 5) is 1.27. The molecule has 118 valence electrons. The standard InChI is InChI=1S/C17H16N2O2S2/c1-12-4-2-3-5-17(12)23(20,21)19-15-10-16(22-11-15)13-6-8-14(18)9-7-13/h2-11,19H,18H2,1H3. The predicted molar refractivity (Wildman–Crippen MR) is 96.2 cm³/mol. The largest absolute Gasteiger partial charge is 0.399 e. The van der Waals surface area contributed by atoms with Crippen molar-refractivity contribution in [3.8, 4) is 10.4 Å². The Balaban J connectivity index is 1.87. The van der Waals surface area contributed by atoms with Crippen LogP contribution in [-0.2, 0) is 10.0 Å². The van der Waals surface area contributed by atoms with Gasteiger partial charge < -0.3 is 5.73 Å². The van der Waals surface area contributed by atoms with Crippen molar-refractivity contribution in [1.82, 2.24) is 0 Å². The molecule has 0 aliphatic carbocycles. The number of hydrogen-bond acceptors (Lipinski definition) is 4. The summed E-state index contributed by atoms with van der Waals surface area (Å²) in [5, 5.41) is 1.79. The van der Waals surface area contributed by atoms with Crippen LogP contribution in [0.4, 0.5) is 11.4 Å². The molecule has 0 amide bonds. The van der Waals surface area contributed by atoms with Gasteiger partial charge in [-0.3, -0.25) is 4.72 Å². The number of sulfonamides is 1. The average molecular weight is 344 g/mol. The molecule has 3 rings (SSSR count). The molecule has 0 saturated heterocycles. The monoisotopic (exact) mass is 344 g/mol. The highest BCUT2D eigenvalue weighted by Crippen LogP contribution is 2.31. The Kier molecular flexibility index (Phi) is 4.11. The number of thiophene rings is 1. The lowest BCUT2D eigenvalue weighted by molar-refractivity contribution is 0.600. The second-order valence-electron chi connectivity index (χ2n) is 5.19. The molecule has 0 spiro atoms. The maximum Gasteiger partial charge on any atom is 0.262 e. The summed E-state index contributed by atoms with van der Waals surface area (Å²) >= 11 is 1.48. The van der Waals surface area contributed by atoms with Gasteiger partial charge in [-0.05, 0) is 42.3 Å². The number of nitrogens with one attached hydrogen (secondary N) is 1. The number of nitrogens with two attached hydrogens (primary N) is 1. The van der Waals surface area contributed by atoms with Crippen LogP contribution in [0.1, 0.15) is 5.56 Å².